The van der Waals surface area contributed by atoms with Gasteiger partial charge >= 0.3 is 0 Å². The van der Waals surface area contributed by atoms with Crippen molar-refractivity contribution in [1.29, 1.82) is 0 Å². The lowest BCUT2D eigenvalue weighted by Crippen LogP contribution is -2.14. The quantitative estimate of drug-likeness (QED) is 0.774. The van der Waals surface area contributed by atoms with Crippen molar-refractivity contribution in [3.63, 3.8) is 0 Å². The van der Waals surface area contributed by atoms with Gasteiger partial charge in [-0.05, 0) is 18.6 Å². The predicted octanol–water partition coefficient (Wildman–Crippen LogP) is 2.98. The smallest absolute Gasteiger partial charge is 0.258 e. The minimum absolute atomic E-state index is 0.240. The Balaban J connectivity index is 1.67. The summed E-state index contributed by atoms with van der Waals surface area (Å²) in [5, 5.41) is 3.28. The molecule has 0 aliphatic heterocycles. The van der Waals surface area contributed by atoms with Crippen molar-refractivity contribution in [2.75, 3.05) is 5.32 Å². The molecule has 1 amide bonds. The van der Waals surface area contributed by atoms with Gasteiger partial charge in [0.15, 0.2) is 5.13 Å². The molecule has 0 atom stereocenters. The lowest BCUT2D eigenvalue weighted by Gasteiger charge is -2.01. The van der Waals surface area contributed by atoms with Gasteiger partial charge < -0.3 is 4.98 Å². The number of anilines is 1. The highest BCUT2D eigenvalue weighted by Crippen LogP contribution is 2.21. The summed E-state index contributed by atoms with van der Waals surface area (Å²) in [6.07, 6.45) is 3.94. The number of nitrogens with one attached hydrogen (secondary N) is 2. The van der Waals surface area contributed by atoms with E-state index in [1.54, 1.807) is 6.20 Å². The summed E-state index contributed by atoms with van der Waals surface area (Å²) in [4.78, 5) is 30.8. The Hall–Kier alpha value is -2.73. The Morgan fingerprint density at radius 1 is 1.22 bits per heavy atom. The first-order valence-corrected chi connectivity index (χ1v) is 7.92. The third-order valence-corrected chi connectivity index (χ3v) is 4.23. The zero-order chi connectivity index (χ0) is 16.2. The van der Waals surface area contributed by atoms with E-state index in [9.17, 15) is 9.59 Å². The second-order valence-electron chi connectivity index (χ2n) is 5.19. The van der Waals surface area contributed by atoms with E-state index in [0.29, 0.717) is 10.7 Å². The first-order chi connectivity index (χ1) is 11.1. The fourth-order valence-corrected chi connectivity index (χ4v) is 2.92. The van der Waals surface area contributed by atoms with E-state index in [0.717, 1.165) is 11.3 Å². The minimum Gasteiger partial charge on any atom is -0.328 e. The molecule has 0 aliphatic rings. The Kier molecular flexibility index (Phi) is 4.34. The van der Waals surface area contributed by atoms with Gasteiger partial charge in [-0.3, -0.25) is 14.9 Å². The first-order valence-electron chi connectivity index (χ1n) is 7.10. The molecule has 0 bridgehead atoms. The number of nitrogens with zero attached hydrogens (tertiary/aromatic N) is 1. The van der Waals surface area contributed by atoms with Crippen LogP contribution in [0.25, 0.3) is 0 Å². The van der Waals surface area contributed by atoms with Crippen LogP contribution >= 0.6 is 11.3 Å². The number of hydrogen-bond acceptors (Lipinski definition) is 4. The van der Waals surface area contributed by atoms with Gasteiger partial charge in [-0.2, -0.15) is 0 Å². The molecule has 6 heteroatoms. The largest absolute Gasteiger partial charge is 0.328 e. The van der Waals surface area contributed by atoms with E-state index >= 15 is 0 Å². The number of aromatic nitrogens is 2. The van der Waals surface area contributed by atoms with Gasteiger partial charge in [0.25, 0.3) is 5.91 Å². The van der Waals surface area contributed by atoms with E-state index < -0.39 is 0 Å². The van der Waals surface area contributed by atoms with Crippen molar-refractivity contribution >= 4 is 22.4 Å². The zero-order valence-electron chi connectivity index (χ0n) is 12.5. The predicted molar refractivity (Wildman–Crippen MR) is 91.1 cm³/mol. The van der Waals surface area contributed by atoms with Crippen LogP contribution in [-0.4, -0.2) is 15.9 Å². The number of carbonyl (C=O) groups is 1. The van der Waals surface area contributed by atoms with Crippen LogP contribution in [0, 0.1) is 6.92 Å². The van der Waals surface area contributed by atoms with Crippen LogP contribution in [0.2, 0.25) is 0 Å². The molecule has 3 aromatic rings. The number of pyridine rings is 1. The van der Waals surface area contributed by atoms with Crippen LogP contribution in [-0.2, 0) is 6.42 Å². The van der Waals surface area contributed by atoms with Gasteiger partial charge in [0.1, 0.15) is 0 Å². The number of aryl methyl sites for hydroxylation is 1. The second-order valence-corrected chi connectivity index (χ2v) is 6.31. The zero-order valence-corrected chi connectivity index (χ0v) is 13.3. The molecule has 3 rings (SSSR count). The molecule has 0 saturated carbocycles. The number of carbonyl (C=O) groups excluding carboxylic acids is 1. The highest BCUT2D eigenvalue weighted by Gasteiger charge is 2.09. The molecule has 0 fully saturated rings. The summed E-state index contributed by atoms with van der Waals surface area (Å²) in [5.74, 6) is -0.294. The Morgan fingerprint density at radius 2 is 2.00 bits per heavy atom. The summed E-state index contributed by atoms with van der Waals surface area (Å²) in [7, 11) is 0. The van der Waals surface area contributed by atoms with E-state index in [2.05, 4.69) is 46.5 Å². The Bertz CT molecular complexity index is 861. The van der Waals surface area contributed by atoms with Crippen molar-refractivity contribution < 1.29 is 4.79 Å². The maximum atomic E-state index is 12.1. The summed E-state index contributed by atoms with van der Waals surface area (Å²) in [6.45, 7) is 2.06. The molecule has 0 unspecified atom stereocenters. The van der Waals surface area contributed by atoms with Crippen LogP contribution in [0.3, 0.4) is 0 Å². The molecule has 0 saturated heterocycles. The number of rotatable bonds is 4. The minimum atomic E-state index is -0.294. The van der Waals surface area contributed by atoms with Crippen molar-refractivity contribution in [2.45, 2.75) is 13.3 Å². The average molecular weight is 325 g/mol. The molecule has 0 radical (unpaired) electrons. The normalized spacial score (nSPS) is 10.5. The van der Waals surface area contributed by atoms with E-state index in [4.69, 9.17) is 0 Å². The molecule has 5 nitrogen and oxygen atoms in total. The van der Waals surface area contributed by atoms with Gasteiger partial charge in [-0.1, -0.05) is 29.8 Å². The molecular formula is C17H15N3O2S. The van der Waals surface area contributed by atoms with Crippen LogP contribution in [0.5, 0.6) is 0 Å². The molecule has 1 aromatic carbocycles. The maximum Gasteiger partial charge on any atom is 0.258 e. The van der Waals surface area contributed by atoms with Crippen molar-refractivity contribution in [1.82, 2.24) is 9.97 Å². The number of benzene rings is 1. The van der Waals surface area contributed by atoms with Gasteiger partial charge in [-0.15, -0.1) is 11.3 Å². The number of thiazole rings is 1. The third kappa shape index (κ3) is 3.92. The maximum absolute atomic E-state index is 12.1. The lowest BCUT2D eigenvalue weighted by atomic mass is 10.1. The van der Waals surface area contributed by atoms with Crippen molar-refractivity contribution in [3.05, 3.63) is 80.7 Å². The number of H-pyrrole nitrogens is 1. The lowest BCUT2D eigenvalue weighted by molar-refractivity contribution is 0.102. The highest BCUT2D eigenvalue weighted by molar-refractivity contribution is 7.15. The summed E-state index contributed by atoms with van der Waals surface area (Å²) >= 11 is 1.44. The molecular weight excluding hydrogens is 310 g/mol. The molecule has 116 valence electrons. The van der Waals surface area contributed by atoms with Gasteiger partial charge in [0.2, 0.25) is 5.56 Å². The standard InChI is InChI=1S/C17H15N3O2S/c1-11-2-4-12(5-3-11)8-14-10-19-17(23-14)20-16(22)13-6-7-15(21)18-9-13/h2-7,9-10H,8H2,1H3,(H,18,21)(H,19,20,22). The van der Waals surface area contributed by atoms with E-state index in [1.807, 2.05) is 0 Å². The summed E-state index contributed by atoms with van der Waals surface area (Å²) in [6, 6.07) is 11.1. The Labute approximate surface area is 137 Å². The van der Waals surface area contributed by atoms with Crippen molar-refractivity contribution in [3.8, 4) is 0 Å². The molecule has 0 spiro atoms. The number of aromatic amines is 1. The van der Waals surface area contributed by atoms with E-state index in [1.165, 1.54) is 40.8 Å². The number of hydrogen-bond donors (Lipinski definition) is 2. The Morgan fingerprint density at radius 3 is 2.70 bits per heavy atom. The van der Waals surface area contributed by atoms with Crippen molar-refractivity contribution in [2.24, 2.45) is 0 Å². The monoisotopic (exact) mass is 325 g/mol. The molecule has 2 N–H and O–H groups in total. The fourth-order valence-electron chi connectivity index (χ4n) is 2.08. The fraction of sp³-hybridized carbons (Fsp3) is 0.118. The average Bonchev–Trinajstić information content (AvgIpc) is 2.97. The SMILES string of the molecule is Cc1ccc(Cc2cnc(NC(=O)c3ccc(=O)[nH]c3)s2)cc1. The van der Waals surface area contributed by atoms with Gasteiger partial charge in [0, 0.05) is 29.8 Å². The van der Waals surface area contributed by atoms with E-state index in [-0.39, 0.29) is 11.5 Å². The molecule has 2 heterocycles. The van der Waals surface area contributed by atoms with Gasteiger partial charge in [-0.25, -0.2) is 4.98 Å². The van der Waals surface area contributed by atoms with Crippen LogP contribution < -0.4 is 10.9 Å². The molecule has 2 aromatic heterocycles. The number of amides is 1. The molecule has 0 aliphatic carbocycles. The first kappa shape index (κ1) is 15.2. The summed E-state index contributed by atoms with van der Waals surface area (Å²) < 4.78 is 0. The topological polar surface area (TPSA) is 74.8 Å². The summed E-state index contributed by atoms with van der Waals surface area (Å²) in [5.41, 5.74) is 2.58. The van der Waals surface area contributed by atoms with Crippen LogP contribution in [0.1, 0.15) is 26.4 Å². The van der Waals surface area contributed by atoms with Crippen LogP contribution in [0.15, 0.2) is 53.6 Å². The highest BCUT2D eigenvalue weighted by atomic mass is 32.1. The van der Waals surface area contributed by atoms with Crippen LogP contribution in [0.4, 0.5) is 5.13 Å². The van der Waals surface area contributed by atoms with Gasteiger partial charge in [0.05, 0.1) is 5.56 Å². The molecule has 23 heavy (non-hydrogen) atoms. The third-order valence-electron chi connectivity index (χ3n) is 3.32. The second kappa shape index (κ2) is 6.58.